The topological polar surface area (TPSA) is 93.3 Å². The van der Waals surface area contributed by atoms with Crippen LogP contribution in [0.25, 0.3) is 22.2 Å². The summed E-state index contributed by atoms with van der Waals surface area (Å²) in [6.07, 6.45) is 1.23. The summed E-state index contributed by atoms with van der Waals surface area (Å²) in [6.45, 7) is 1.41. The number of fused-ring (bicyclic) bond motifs is 1. The lowest BCUT2D eigenvalue weighted by atomic mass is 10.2. The van der Waals surface area contributed by atoms with Crippen molar-refractivity contribution in [2.75, 3.05) is 27.2 Å². The molecule has 2 heterocycles. The van der Waals surface area contributed by atoms with Gasteiger partial charge in [-0.15, -0.1) is 0 Å². The number of benzene rings is 1. The van der Waals surface area contributed by atoms with Crippen molar-refractivity contribution in [1.82, 2.24) is 14.5 Å². The third-order valence-electron chi connectivity index (χ3n) is 3.81. The molecule has 1 aromatic carbocycles. The molecular weight excluding hydrogens is 320 g/mol. The number of carbonyl (C=O) groups is 1. The first kappa shape index (κ1) is 16.8. The summed E-state index contributed by atoms with van der Waals surface area (Å²) in [5, 5.41) is 0.909. The largest absolute Gasteiger partial charge is 0.492 e. The zero-order valence-corrected chi connectivity index (χ0v) is 14.1. The highest BCUT2D eigenvalue weighted by Gasteiger charge is 2.11. The number of carbonyl (C=O) groups excluding carboxylic acids is 1. The summed E-state index contributed by atoms with van der Waals surface area (Å²) in [6, 6.07) is 11.0. The van der Waals surface area contributed by atoms with Crippen LogP contribution in [-0.2, 0) is 0 Å². The standard InChI is InChI=1S/C18H19N4O3/c1-21(2)8-9-25-13-5-6-15-12(10-13)11-16(20-15)14-4-3-7-22(17(14)23)18(19)24/h4-7,10-11,20H,8-9H2,1-2H3,(H2,19,24). The molecule has 3 aromatic rings. The van der Waals surface area contributed by atoms with Crippen molar-refractivity contribution in [2.24, 2.45) is 5.73 Å². The van der Waals surface area contributed by atoms with Gasteiger partial charge in [0.05, 0.1) is 11.3 Å². The van der Waals surface area contributed by atoms with Gasteiger partial charge in [0, 0.05) is 29.7 Å². The van der Waals surface area contributed by atoms with Crippen LogP contribution >= 0.6 is 0 Å². The Labute approximate surface area is 144 Å². The van der Waals surface area contributed by atoms with E-state index in [1.165, 1.54) is 12.3 Å². The third-order valence-corrected chi connectivity index (χ3v) is 3.81. The first-order valence-electron chi connectivity index (χ1n) is 7.79. The van der Waals surface area contributed by atoms with Gasteiger partial charge in [-0.2, -0.15) is 0 Å². The number of nitrogens with zero attached hydrogens (tertiary/aromatic N) is 2. The number of ether oxygens (including phenoxy) is 1. The smallest absolute Gasteiger partial charge is 0.325 e. The number of pyridine rings is 1. The second-order valence-corrected chi connectivity index (χ2v) is 5.95. The fourth-order valence-corrected chi connectivity index (χ4v) is 2.49. The van der Waals surface area contributed by atoms with Crippen molar-refractivity contribution < 1.29 is 9.53 Å². The van der Waals surface area contributed by atoms with Crippen molar-refractivity contribution in [1.29, 1.82) is 0 Å². The van der Waals surface area contributed by atoms with Crippen LogP contribution < -0.4 is 16.0 Å². The molecule has 129 valence electrons. The molecule has 25 heavy (non-hydrogen) atoms. The van der Waals surface area contributed by atoms with Crippen molar-refractivity contribution in [3.8, 4) is 17.0 Å². The minimum atomic E-state index is -0.837. The normalized spacial score (nSPS) is 11.2. The molecule has 0 atom stereocenters. The number of amides is 1. The Morgan fingerprint density at radius 2 is 2.16 bits per heavy atom. The molecule has 2 aromatic heterocycles. The lowest BCUT2D eigenvalue weighted by molar-refractivity contribution is 0.249. The zero-order valence-electron chi connectivity index (χ0n) is 14.1. The van der Waals surface area contributed by atoms with E-state index in [0.717, 1.165) is 27.8 Å². The Morgan fingerprint density at radius 3 is 2.88 bits per heavy atom. The van der Waals surface area contributed by atoms with E-state index in [1.54, 1.807) is 0 Å². The highest BCUT2D eigenvalue weighted by Crippen LogP contribution is 2.25. The molecule has 7 nitrogen and oxygen atoms in total. The van der Waals surface area contributed by atoms with Crippen LogP contribution in [0.3, 0.4) is 0 Å². The highest BCUT2D eigenvalue weighted by molar-refractivity contribution is 5.87. The number of rotatable bonds is 5. The van der Waals surface area contributed by atoms with E-state index in [0.29, 0.717) is 17.9 Å². The SMILES string of the molecule is CN(C)CCOc1ccc2[nH]c(-c3c[c]cn(C(N)=O)c3=O)cc2c1. The van der Waals surface area contributed by atoms with Gasteiger partial charge in [-0.3, -0.25) is 4.79 Å². The maximum Gasteiger partial charge on any atom is 0.325 e. The molecule has 7 heteroatoms. The fraction of sp³-hybridized carbons (Fsp3) is 0.222. The average Bonchev–Trinajstić information content (AvgIpc) is 2.97. The van der Waals surface area contributed by atoms with Crippen molar-refractivity contribution >= 4 is 16.9 Å². The van der Waals surface area contributed by atoms with Gasteiger partial charge in [0.25, 0.3) is 5.56 Å². The fourth-order valence-electron chi connectivity index (χ4n) is 2.49. The van der Waals surface area contributed by atoms with E-state index in [9.17, 15) is 9.59 Å². The van der Waals surface area contributed by atoms with Gasteiger partial charge < -0.3 is 20.4 Å². The molecule has 3 rings (SSSR count). The number of aromatic amines is 1. The number of nitrogens with two attached hydrogens (primary N) is 1. The summed E-state index contributed by atoms with van der Waals surface area (Å²) in [4.78, 5) is 28.9. The van der Waals surface area contributed by atoms with E-state index in [1.807, 2.05) is 43.3 Å². The average molecular weight is 339 g/mol. The molecule has 0 aliphatic carbocycles. The number of hydrogen-bond donors (Lipinski definition) is 2. The first-order valence-corrected chi connectivity index (χ1v) is 7.79. The quantitative estimate of drug-likeness (QED) is 0.739. The van der Waals surface area contributed by atoms with Crippen LogP contribution in [-0.4, -0.2) is 47.7 Å². The Morgan fingerprint density at radius 1 is 1.36 bits per heavy atom. The van der Waals surface area contributed by atoms with Crippen molar-refractivity contribution in [3.63, 3.8) is 0 Å². The molecule has 0 fully saturated rings. The number of primary amides is 1. The van der Waals surface area contributed by atoms with Gasteiger partial charge in [-0.05, 0) is 44.4 Å². The van der Waals surface area contributed by atoms with Gasteiger partial charge in [-0.25, -0.2) is 9.36 Å². The molecule has 0 spiro atoms. The van der Waals surface area contributed by atoms with E-state index in [2.05, 4.69) is 11.1 Å². The molecule has 0 bridgehead atoms. The van der Waals surface area contributed by atoms with Crippen molar-refractivity contribution in [3.05, 3.63) is 52.9 Å². The summed E-state index contributed by atoms with van der Waals surface area (Å²) in [5.41, 5.74) is 6.50. The Kier molecular flexibility index (Phi) is 4.58. The lowest BCUT2D eigenvalue weighted by Gasteiger charge is -2.10. The highest BCUT2D eigenvalue weighted by atomic mass is 16.5. The van der Waals surface area contributed by atoms with Gasteiger partial charge in [0.1, 0.15) is 12.4 Å². The minimum absolute atomic E-state index is 0.326. The maximum absolute atomic E-state index is 12.4. The Balaban J connectivity index is 1.93. The minimum Gasteiger partial charge on any atom is -0.492 e. The second-order valence-electron chi connectivity index (χ2n) is 5.95. The van der Waals surface area contributed by atoms with Crippen LogP contribution in [0.1, 0.15) is 0 Å². The van der Waals surface area contributed by atoms with E-state index in [-0.39, 0.29) is 0 Å². The van der Waals surface area contributed by atoms with Crippen LogP contribution in [0.4, 0.5) is 4.79 Å². The first-order chi connectivity index (χ1) is 12.0. The zero-order chi connectivity index (χ0) is 18.0. The van der Waals surface area contributed by atoms with Gasteiger partial charge >= 0.3 is 6.03 Å². The summed E-state index contributed by atoms with van der Waals surface area (Å²) >= 11 is 0. The van der Waals surface area contributed by atoms with Gasteiger partial charge in [0.15, 0.2) is 0 Å². The molecule has 0 aliphatic heterocycles. The summed E-state index contributed by atoms with van der Waals surface area (Å²) in [5.74, 6) is 0.758. The second kappa shape index (κ2) is 6.82. The number of nitrogens with one attached hydrogen (secondary N) is 1. The van der Waals surface area contributed by atoms with Crippen molar-refractivity contribution in [2.45, 2.75) is 0 Å². The molecular formula is C18H19N4O3. The van der Waals surface area contributed by atoms with Crippen LogP contribution in [0.2, 0.25) is 0 Å². The van der Waals surface area contributed by atoms with Crippen LogP contribution in [0, 0.1) is 6.07 Å². The maximum atomic E-state index is 12.4. The number of H-pyrrole nitrogens is 1. The van der Waals surface area contributed by atoms with Crippen LogP contribution in [0.5, 0.6) is 5.75 Å². The lowest BCUT2D eigenvalue weighted by Crippen LogP contribution is -2.31. The predicted molar refractivity (Wildman–Crippen MR) is 95.9 cm³/mol. The van der Waals surface area contributed by atoms with E-state index < -0.39 is 11.6 Å². The van der Waals surface area contributed by atoms with Gasteiger partial charge in [0.2, 0.25) is 0 Å². The number of aromatic nitrogens is 2. The molecule has 1 radical (unpaired) electrons. The van der Waals surface area contributed by atoms with Gasteiger partial charge in [-0.1, -0.05) is 0 Å². The van der Waals surface area contributed by atoms with E-state index >= 15 is 0 Å². The van der Waals surface area contributed by atoms with E-state index in [4.69, 9.17) is 10.5 Å². The molecule has 3 N–H and O–H groups in total. The predicted octanol–water partition coefficient (Wildman–Crippen LogP) is 1.66. The molecule has 0 saturated carbocycles. The molecule has 0 aliphatic rings. The third kappa shape index (κ3) is 3.56. The number of likely N-dealkylation sites (N-methyl/N-ethyl adjacent to an activating group) is 1. The monoisotopic (exact) mass is 339 g/mol. The summed E-state index contributed by atoms with van der Waals surface area (Å²) < 4.78 is 6.56. The number of hydrogen-bond acceptors (Lipinski definition) is 4. The molecule has 0 unspecified atom stereocenters. The van der Waals surface area contributed by atoms with Crippen LogP contribution in [0.15, 0.2) is 41.3 Å². The summed E-state index contributed by atoms with van der Waals surface area (Å²) in [7, 11) is 3.97. The molecule has 0 saturated heterocycles. The Hall–Kier alpha value is -3.06. The Bertz CT molecular complexity index is 972. The molecule has 1 amide bonds.